The molecular weight excluding hydrogens is 802 g/mol. The average molecular weight is 858 g/mol. The molecule has 61 heavy (non-hydrogen) atoms. The third kappa shape index (κ3) is 17.1. The molecule has 2 rings (SSSR count). The van der Waals surface area contributed by atoms with Gasteiger partial charge in [0.1, 0.15) is 12.1 Å². The molecule has 8 N–H and O–H groups in total. The van der Waals surface area contributed by atoms with Gasteiger partial charge in [-0.2, -0.15) is 0 Å². The summed E-state index contributed by atoms with van der Waals surface area (Å²) in [6.45, 7) is 8.68. The van der Waals surface area contributed by atoms with Gasteiger partial charge in [-0.05, 0) is 29.9 Å². The van der Waals surface area contributed by atoms with Gasteiger partial charge in [-0.1, -0.05) is 53.7 Å². The molecule has 1 unspecified atom stereocenters. The van der Waals surface area contributed by atoms with Gasteiger partial charge in [0.15, 0.2) is 0 Å². The molecule has 0 saturated carbocycles. The second-order valence-corrected chi connectivity index (χ2v) is 15.0. The maximum atomic E-state index is 13.0. The Balaban J connectivity index is 1.80. The molecule has 0 aromatic heterocycles. The van der Waals surface area contributed by atoms with E-state index in [9.17, 15) is 57.8 Å². The van der Waals surface area contributed by atoms with Gasteiger partial charge in [0.2, 0.25) is 47.5 Å². The molecule has 1 aromatic rings. The number of aliphatic carboxylic acids is 1. The fraction of sp³-hybridized carbons (Fsp3) is 0.513. The lowest BCUT2D eigenvalue weighted by molar-refractivity contribution is -0.148. The number of hydrogen-bond donors (Lipinski definition) is 8. The second-order valence-electron chi connectivity index (χ2n) is 15.0. The summed E-state index contributed by atoms with van der Waals surface area (Å²) >= 11 is 0. The van der Waals surface area contributed by atoms with Crippen LogP contribution in [0.15, 0.2) is 36.4 Å². The van der Waals surface area contributed by atoms with Crippen molar-refractivity contribution >= 4 is 70.9 Å². The van der Waals surface area contributed by atoms with Gasteiger partial charge in [-0.3, -0.25) is 53.0 Å². The van der Waals surface area contributed by atoms with Gasteiger partial charge in [0.25, 0.3) is 11.8 Å². The predicted octanol–water partition coefficient (Wildman–Crippen LogP) is -1.46. The van der Waals surface area contributed by atoms with Gasteiger partial charge in [-0.25, -0.2) is 9.59 Å². The minimum Gasteiger partial charge on any atom is -0.478 e. The van der Waals surface area contributed by atoms with E-state index < -0.39 is 116 Å². The summed E-state index contributed by atoms with van der Waals surface area (Å²) in [5.41, 5.74) is 0.276. The monoisotopic (exact) mass is 857 g/mol. The van der Waals surface area contributed by atoms with Crippen LogP contribution in [0.5, 0.6) is 0 Å². The van der Waals surface area contributed by atoms with E-state index in [1.807, 2.05) is 13.8 Å². The summed E-state index contributed by atoms with van der Waals surface area (Å²) in [6, 6.07) is 3.32. The number of carbonyl (C=O) groups is 11. The van der Waals surface area contributed by atoms with Crippen LogP contribution in [0.4, 0.5) is 10.5 Å². The lowest BCUT2D eigenvalue weighted by Crippen LogP contribution is -2.53. The molecule has 0 aliphatic carbocycles. The minimum absolute atomic E-state index is 0.0621. The number of hydrogen-bond acceptors (Lipinski definition) is 12. The number of rotatable bonds is 23. The van der Waals surface area contributed by atoms with Crippen molar-refractivity contribution in [1.29, 1.82) is 0 Å². The number of imide groups is 1. The van der Waals surface area contributed by atoms with Crippen LogP contribution in [-0.4, -0.2) is 139 Å². The maximum absolute atomic E-state index is 13.0. The molecule has 22 heteroatoms. The average Bonchev–Trinajstić information content (AvgIpc) is 3.52. The van der Waals surface area contributed by atoms with E-state index >= 15 is 0 Å². The van der Waals surface area contributed by atoms with Crippen molar-refractivity contribution in [1.82, 2.24) is 41.7 Å². The SMILES string of the molecule is CC(C)CNC(=O)[C@H](C(C)C)N(C)C(=O)OC(C(=O)O)c1ccc(NC(=O)CNC(=O)[C@@H](NC(=O)CNC(=O)CNC(=O)CNC(=O)CCN2C(=O)C=CC2=O)C(C)C)cc1. The lowest BCUT2D eigenvalue weighted by atomic mass is 10.0. The molecule has 0 radical (unpaired) electrons. The lowest BCUT2D eigenvalue weighted by Gasteiger charge is -2.30. The molecule has 0 bridgehead atoms. The highest BCUT2D eigenvalue weighted by atomic mass is 16.6. The first-order chi connectivity index (χ1) is 28.6. The molecule has 3 atom stereocenters. The van der Waals surface area contributed by atoms with Crippen molar-refractivity contribution in [3.8, 4) is 0 Å². The molecule has 10 amide bonds. The van der Waals surface area contributed by atoms with E-state index in [2.05, 4.69) is 37.2 Å². The summed E-state index contributed by atoms with van der Waals surface area (Å²) in [5, 5.41) is 26.8. The Bertz CT molecular complexity index is 1830. The smallest absolute Gasteiger partial charge is 0.411 e. The van der Waals surface area contributed by atoms with E-state index in [0.29, 0.717) is 6.54 Å². The van der Waals surface area contributed by atoms with Gasteiger partial charge >= 0.3 is 12.1 Å². The van der Waals surface area contributed by atoms with Crippen molar-refractivity contribution in [3.05, 3.63) is 42.0 Å². The number of ether oxygens (including phenoxy) is 1. The van der Waals surface area contributed by atoms with Crippen LogP contribution >= 0.6 is 0 Å². The molecule has 1 aliphatic heterocycles. The minimum atomic E-state index is -1.74. The number of amides is 10. The van der Waals surface area contributed by atoms with Gasteiger partial charge in [0.05, 0.1) is 26.2 Å². The van der Waals surface area contributed by atoms with Crippen LogP contribution in [0.1, 0.15) is 59.6 Å². The fourth-order valence-corrected chi connectivity index (χ4v) is 5.49. The van der Waals surface area contributed by atoms with Crippen molar-refractivity contribution in [2.24, 2.45) is 17.8 Å². The molecule has 334 valence electrons. The normalized spacial score (nSPS) is 13.5. The first-order valence-corrected chi connectivity index (χ1v) is 19.4. The van der Waals surface area contributed by atoms with Crippen LogP contribution in [0.2, 0.25) is 0 Å². The molecule has 0 fully saturated rings. The highest BCUT2D eigenvalue weighted by Crippen LogP contribution is 2.23. The highest BCUT2D eigenvalue weighted by Gasteiger charge is 2.34. The Morgan fingerprint density at radius 3 is 1.70 bits per heavy atom. The van der Waals surface area contributed by atoms with Crippen molar-refractivity contribution < 1.29 is 62.6 Å². The van der Waals surface area contributed by atoms with Crippen LogP contribution in [0.25, 0.3) is 0 Å². The highest BCUT2D eigenvalue weighted by molar-refractivity contribution is 6.13. The third-order valence-electron chi connectivity index (χ3n) is 8.72. The molecule has 1 aromatic carbocycles. The van der Waals surface area contributed by atoms with E-state index in [4.69, 9.17) is 4.74 Å². The number of carboxylic acid groups (broad SMARTS) is 1. The number of carboxylic acids is 1. The van der Waals surface area contributed by atoms with E-state index in [0.717, 1.165) is 22.0 Å². The molecule has 0 spiro atoms. The number of nitrogens with zero attached hydrogens (tertiary/aromatic N) is 2. The number of nitrogens with one attached hydrogen (secondary N) is 7. The first-order valence-electron chi connectivity index (χ1n) is 19.4. The summed E-state index contributed by atoms with van der Waals surface area (Å²) in [6.07, 6.45) is -0.857. The molecular formula is C39H55N9O13. The number of benzene rings is 1. The maximum Gasteiger partial charge on any atom is 0.411 e. The third-order valence-corrected chi connectivity index (χ3v) is 8.72. The molecule has 0 saturated heterocycles. The zero-order chi connectivity index (χ0) is 46.0. The van der Waals surface area contributed by atoms with Crippen LogP contribution < -0.4 is 37.2 Å². The summed E-state index contributed by atoms with van der Waals surface area (Å²) in [5.74, 6) is -7.81. The zero-order valence-corrected chi connectivity index (χ0v) is 35.1. The Hall–Kier alpha value is -6.87. The van der Waals surface area contributed by atoms with Gasteiger partial charge < -0.3 is 47.1 Å². The number of likely N-dealkylation sites (N-methyl/N-ethyl adjacent to an activating group) is 1. The molecule has 22 nitrogen and oxygen atoms in total. The van der Waals surface area contributed by atoms with E-state index in [1.165, 1.54) is 31.3 Å². The van der Waals surface area contributed by atoms with Crippen molar-refractivity contribution in [2.75, 3.05) is 51.6 Å². The van der Waals surface area contributed by atoms with Crippen molar-refractivity contribution in [2.45, 2.75) is 66.2 Å². The van der Waals surface area contributed by atoms with Crippen LogP contribution in [-0.2, 0) is 52.7 Å². The summed E-state index contributed by atoms with van der Waals surface area (Å²) < 4.78 is 5.28. The zero-order valence-electron chi connectivity index (χ0n) is 35.1. The quantitative estimate of drug-likeness (QED) is 0.0585. The Morgan fingerprint density at radius 1 is 0.672 bits per heavy atom. The largest absolute Gasteiger partial charge is 0.478 e. The number of carbonyl (C=O) groups excluding carboxylic acids is 10. The Kier molecular flexibility index (Phi) is 20.0. The predicted molar refractivity (Wildman–Crippen MR) is 215 cm³/mol. The summed E-state index contributed by atoms with van der Waals surface area (Å²) in [4.78, 5) is 137. The standard InChI is InChI=1S/C39H55N9O13/c1-21(2)16-43-37(57)34(23(5)6)47(7)39(60)61-35(38(58)59)24-8-10-25(11-9-24)45-29(52)20-44-36(56)33(22(3)4)46-30(53)19-42-28(51)18-41-27(50)17-40-26(49)14-15-48-31(54)12-13-32(48)55/h8-13,21-23,33-35H,14-20H2,1-7H3,(H,40,49)(H,41,50)(H,42,51)(H,43,57)(H,44,56)(H,45,52)(H,46,53)(H,58,59)/t33-,34-,35?/m0/s1. The Morgan fingerprint density at radius 2 is 1.20 bits per heavy atom. The topological polar surface area (TPSA) is 308 Å². The second kappa shape index (κ2) is 24.3. The molecule has 1 aliphatic rings. The molecule has 1 heterocycles. The Labute approximate surface area is 352 Å². The fourth-order valence-electron chi connectivity index (χ4n) is 5.49. The number of anilines is 1. The van der Waals surface area contributed by atoms with Crippen LogP contribution in [0.3, 0.4) is 0 Å². The van der Waals surface area contributed by atoms with E-state index in [-0.39, 0.29) is 36.1 Å². The van der Waals surface area contributed by atoms with Gasteiger partial charge in [-0.15, -0.1) is 0 Å². The first kappa shape index (κ1) is 50.3. The van der Waals surface area contributed by atoms with Crippen LogP contribution in [0, 0.1) is 17.8 Å². The van der Waals surface area contributed by atoms with Gasteiger partial charge in [0, 0.05) is 50.0 Å². The van der Waals surface area contributed by atoms with E-state index in [1.54, 1.807) is 27.7 Å². The summed E-state index contributed by atoms with van der Waals surface area (Å²) in [7, 11) is 1.34. The van der Waals surface area contributed by atoms with Crippen molar-refractivity contribution in [3.63, 3.8) is 0 Å².